The van der Waals surface area contributed by atoms with Gasteiger partial charge in [-0.25, -0.2) is 8.42 Å². The molecule has 10 heteroatoms. The Hall–Kier alpha value is -1.56. The van der Waals surface area contributed by atoms with Gasteiger partial charge in [-0.15, -0.1) is 24.0 Å². The molecule has 2 aliphatic rings. The number of amides is 1. The molecule has 0 bridgehead atoms. The van der Waals surface area contributed by atoms with Crippen molar-refractivity contribution in [2.75, 3.05) is 55.7 Å². The zero-order valence-electron chi connectivity index (χ0n) is 17.4. The van der Waals surface area contributed by atoms with E-state index >= 15 is 0 Å². The average Bonchev–Trinajstić information content (AvgIpc) is 3.06. The number of piperazine rings is 1. The first-order valence-corrected chi connectivity index (χ1v) is 12.1. The summed E-state index contributed by atoms with van der Waals surface area (Å²) in [6.45, 7) is 6.76. The number of sulfone groups is 1. The number of carbonyl (C=O) groups is 1. The summed E-state index contributed by atoms with van der Waals surface area (Å²) >= 11 is 0. The van der Waals surface area contributed by atoms with E-state index in [1.54, 1.807) is 0 Å². The number of hydrogen-bond donors (Lipinski definition) is 2. The van der Waals surface area contributed by atoms with Crippen LogP contribution in [-0.4, -0.2) is 82.0 Å². The molecule has 2 heterocycles. The molecular formula is C20H32IN5O3S. The first-order chi connectivity index (χ1) is 14.0. The van der Waals surface area contributed by atoms with Gasteiger partial charge < -0.3 is 20.4 Å². The number of carbonyl (C=O) groups excluding carboxylic acids is 1. The Morgan fingerprint density at radius 3 is 2.47 bits per heavy atom. The smallest absolute Gasteiger partial charge is 0.222 e. The minimum Gasteiger partial charge on any atom is -0.368 e. The first-order valence-electron chi connectivity index (χ1n) is 10.3. The highest BCUT2D eigenvalue weighted by molar-refractivity contribution is 14.0. The quantitative estimate of drug-likeness (QED) is 0.314. The van der Waals surface area contributed by atoms with Crippen LogP contribution in [0.3, 0.4) is 0 Å². The molecule has 30 heavy (non-hydrogen) atoms. The molecule has 8 nitrogen and oxygen atoms in total. The maximum absolute atomic E-state index is 12.1. The third kappa shape index (κ3) is 7.29. The van der Waals surface area contributed by atoms with Gasteiger partial charge in [-0.1, -0.05) is 18.2 Å². The summed E-state index contributed by atoms with van der Waals surface area (Å²) in [6, 6.07) is 10.1. The molecule has 1 amide bonds. The monoisotopic (exact) mass is 549 g/mol. The summed E-state index contributed by atoms with van der Waals surface area (Å²) in [5.41, 5.74) is 1.24. The summed E-state index contributed by atoms with van der Waals surface area (Å²) in [4.78, 5) is 21.3. The van der Waals surface area contributed by atoms with Crippen LogP contribution in [-0.2, 0) is 14.6 Å². The molecule has 2 fully saturated rings. The average molecular weight is 549 g/mol. The summed E-state index contributed by atoms with van der Waals surface area (Å²) in [5, 5.41) is 6.13. The molecule has 1 unspecified atom stereocenters. The van der Waals surface area contributed by atoms with E-state index in [0.717, 1.165) is 38.7 Å². The van der Waals surface area contributed by atoms with Crippen molar-refractivity contribution in [2.45, 2.75) is 25.8 Å². The Morgan fingerprint density at radius 1 is 1.17 bits per heavy atom. The van der Waals surface area contributed by atoms with Crippen molar-refractivity contribution in [3.63, 3.8) is 0 Å². The molecular weight excluding hydrogens is 517 g/mol. The number of aliphatic imine (C=N–C) groups is 1. The van der Waals surface area contributed by atoms with Crippen LogP contribution in [0.15, 0.2) is 35.3 Å². The van der Waals surface area contributed by atoms with Crippen LogP contribution in [0.25, 0.3) is 0 Å². The van der Waals surface area contributed by atoms with E-state index in [0.29, 0.717) is 13.0 Å². The lowest BCUT2D eigenvalue weighted by atomic mass is 10.2. The zero-order valence-corrected chi connectivity index (χ0v) is 20.6. The highest BCUT2D eigenvalue weighted by atomic mass is 127. The second-order valence-electron chi connectivity index (χ2n) is 7.46. The highest BCUT2D eigenvalue weighted by Crippen LogP contribution is 2.15. The molecule has 2 N–H and O–H groups in total. The summed E-state index contributed by atoms with van der Waals surface area (Å²) in [6.07, 6.45) is 0.765. The molecule has 0 aromatic heterocycles. The van der Waals surface area contributed by atoms with Gasteiger partial charge in [0, 0.05) is 50.9 Å². The standard InChI is InChI=1S/C20H31N5O3S.HI/c1-2-21-20(22-10-8-19(26)23-17-9-15-29(27,28)16-17)25-13-11-24(12-14-25)18-6-4-3-5-7-18;/h3-7,17H,2,8-16H2,1H3,(H,21,22)(H,23,26);1H. The number of nitrogens with zero attached hydrogens (tertiary/aromatic N) is 3. The number of para-hydroxylation sites is 1. The molecule has 1 aromatic carbocycles. The van der Waals surface area contributed by atoms with E-state index < -0.39 is 9.84 Å². The van der Waals surface area contributed by atoms with E-state index in [-0.39, 0.29) is 53.9 Å². The first kappa shape index (κ1) is 24.7. The van der Waals surface area contributed by atoms with Gasteiger partial charge in [-0.05, 0) is 25.5 Å². The third-order valence-corrected chi connectivity index (χ3v) is 7.00. The Bertz CT molecular complexity index is 811. The van der Waals surface area contributed by atoms with Crippen molar-refractivity contribution in [1.29, 1.82) is 0 Å². The summed E-state index contributed by atoms with van der Waals surface area (Å²) in [5.74, 6) is 0.906. The molecule has 3 rings (SSSR count). The number of nitrogens with one attached hydrogen (secondary N) is 2. The predicted molar refractivity (Wildman–Crippen MR) is 131 cm³/mol. The second kappa shape index (κ2) is 11.7. The van der Waals surface area contributed by atoms with Crippen molar-refractivity contribution < 1.29 is 13.2 Å². The van der Waals surface area contributed by atoms with Gasteiger partial charge in [0.2, 0.25) is 5.91 Å². The van der Waals surface area contributed by atoms with Crippen molar-refractivity contribution in [1.82, 2.24) is 15.5 Å². The Morgan fingerprint density at radius 2 is 1.87 bits per heavy atom. The number of anilines is 1. The number of hydrogen-bond acceptors (Lipinski definition) is 5. The van der Waals surface area contributed by atoms with Crippen molar-refractivity contribution in [3.05, 3.63) is 30.3 Å². The fourth-order valence-corrected chi connectivity index (χ4v) is 5.39. The maximum Gasteiger partial charge on any atom is 0.222 e. The van der Waals surface area contributed by atoms with E-state index in [1.165, 1.54) is 5.69 Å². The van der Waals surface area contributed by atoms with E-state index in [2.05, 4.69) is 49.7 Å². The highest BCUT2D eigenvalue weighted by Gasteiger charge is 2.28. The number of guanidine groups is 1. The van der Waals surface area contributed by atoms with E-state index in [9.17, 15) is 13.2 Å². The third-order valence-electron chi connectivity index (χ3n) is 5.23. The van der Waals surface area contributed by atoms with Crippen molar-refractivity contribution in [2.24, 2.45) is 4.99 Å². The topological polar surface area (TPSA) is 94.1 Å². The van der Waals surface area contributed by atoms with Gasteiger partial charge in [0.15, 0.2) is 15.8 Å². The largest absolute Gasteiger partial charge is 0.368 e. The molecule has 0 spiro atoms. The molecule has 1 atom stereocenters. The number of benzene rings is 1. The van der Waals surface area contributed by atoms with Crippen LogP contribution >= 0.6 is 24.0 Å². The number of halogens is 1. The van der Waals surface area contributed by atoms with Crippen molar-refractivity contribution >= 4 is 51.4 Å². The zero-order chi connectivity index (χ0) is 20.7. The molecule has 1 aromatic rings. The van der Waals surface area contributed by atoms with Crippen LogP contribution in [0.2, 0.25) is 0 Å². The van der Waals surface area contributed by atoms with Gasteiger partial charge in [0.25, 0.3) is 0 Å². The fraction of sp³-hybridized carbons (Fsp3) is 0.600. The van der Waals surface area contributed by atoms with Crippen LogP contribution < -0.4 is 15.5 Å². The minimum absolute atomic E-state index is 0. The second-order valence-corrected chi connectivity index (χ2v) is 9.69. The van der Waals surface area contributed by atoms with Crippen LogP contribution in [0.1, 0.15) is 19.8 Å². The molecule has 168 valence electrons. The molecule has 2 aliphatic heterocycles. The van der Waals surface area contributed by atoms with Crippen LogP contribution in [0.4, 0.5) is 5.69 Å². The normalized spacial score (nSPS) is 21.1. The molecule has 0 radical (unpaired) electrons. The Kier molecular flexibility index (Phi) is 9.66. The van der Waals surface area contributed by atoms with Gasteiger partial charge in [-0.2, -0.15) is 0 Å². The van der Waals surface area contributed by atoms with Gasteiger partial charge in [0.1, 0.15) is 0 Å². The van der Waals surface area contributed by atoms with Crippen molar-refractivity contribution in [3.8, 4) is 0 Å². The van der Waals surface area contributed by atoms with E-state index in [4.69, 9.17) is 0 Å². The molecule has 0 saturated carbocycles. The maximum atomic E-state index is 12.1. The summed E-state index contributed by atoms with van der Waals surface area (Å²) < 4.78 is 23.0. The van der Waals surface area contributed by atoms with Gasteiger partial charge in [0.05, 0.1) is 18.1 Å². The minimum atomic E-state index is -2.98. The van der Waals surface area contributed by atoms with E-state index in [1.807, 2.05) is 13.0 Å². The number of rotatable bonds is 6. The lowest BCUT2D eigenvalue weighted by Gasteiger charge is -2.37. The fourth-order valence-electron chi connectivity index (χ4n) is 3.71. The lowest BCUT2D eigenvalue weighted by molar-refractivity contribution is -0.121. The molecule has 0 aliphatic carbocycles. The van der Waals surface area contributed by atoms with Gasteiger partial charge in [-0.3, -0.25) is 9.79 Å². The van der Waals surface area contributed by atoms with Crippen LogP contribution in [0, 0.1) is 0 Å². The lowest BCUT2D eigenvalue weighted by Crippen LogP contribution is -2.52. The summed E-state index contributed by atoms with van der Waals surface area (Å²) in [7, 11) is -2.98. The Labute approximate surface area is 196 Å². The Balaban J connectivity index is 0.00000320. The van der Waals surface area contributed by atoms with Gasteiger partial charge >= 0.3 is 0 Å². The predicted octanol–water partition coefficient (Wildman–Crippen LogP) is 1.09. The molecule has 2 saturated heterocycles. The SMILES string of the molecule is CCNC(=NCCC(=O)NC1CCS(=O)(=O)C1)N1CCN(c2ccccc2)CC1.I. The van der Waals surface area contributed by atoms with Crippen LogP contribution in [0.5, 0.6) is 0 Å².